The average molecular weight is 672 g/mol. The van der Waals surface area contributed by atoms with Crippen molar-refractivity contribution in [1.82, 2.24) is 15.2 Å². The molecule has 3 aliphatic rings. The Kier molecular flexibility index (Phi) is 10.6. The Balaban J connectivity index is 1.61. The summed E-state index contributed by atoms with van der Waals surface area (Å²) < 4.78 is 50.4. The van der Waals surface area contributed by atoms with Crippen molar-refractivity contribution in [2.24, 2.45) is 23.2 Å². The van der Waals surface area contributed by atoms with Crippen molar-refractivity contribution in [3.8, 4) is 11.5 Å². The van der Waals surface area contributed by atoms with Gasteiger partial charge in [-0.05, 0) is 80.5 Å². The number of methoxy groups -OCH3 is 1. The number of pyridine rings is 1. The second-order valence-corrected chi connectivity index (χ2v) is 15.1. The van der Waals surface area contributed by atoms with Gasteiger partial charge >= 0.3 is 6.09 Å². The molecule has 5 rings (SSSR count). The second-order valence-electron chi connectivity index (χ2n) is 15.1. The van der Waals surface area contributed by atoms with Crippen molar-refractivity contribution in [3.05, 3.63) is 30.0 Å². The molecule has 1 N–H and O–H groups in total. The lowest BCUT2D eigenvalue weighted by Gasteiger charge is -2.38. The fourth-order valence-electron chi connectivity index (χ4n) is 7.99. The molecule has 11 heteroatoms. The molecule has 7 atom stereocenters. The number of rotatable bonds is 3. The largest absolute Gasteiger partial charge is 0.497 e. The lowest BCUT2D eigenvalue weighted by molar-refractivity contribution is -0.141. The Morgan fingerprint density at radius 3 is 2.50 bits per heavy atom. The minimum Gasteiger partial charge on any atom is -0.497 e. The number of benzene rings is 1. The fraction of sp³-hybridized carbons (Fsp3) is 0.676. The van der Waals surface area contributed by atoms with Gasteiger partial charge < -0.3 is 24.4 Å². The van der Waals surface area contributed by atoms with Gasteiger partial charge in [-0.3, -0.25) is 9.59 Å². The maximum atomic E-state index is 16.3. The monoisotopic (exact) mass is 671 g/mol. The molecule has 2 bridgehead atoms. The van der Waals surface area contributed by atoms with Gasteiger partial charge in [0.2, 0.25) is 5.91 Å². The van der Waals surface area contributed by atoms with E-state index in [0.717, 1.165) is 19.3 Å². The number of alkyl carbamates (subject to hydrolysis) is 1. The third-order valence-electron chi connectivity index (χ3n) is 10.6. The van der Waals surface area contributed by atoms with E-state index in [1.807, 2.05) is 34.6 Å². The van der Waals surface area contributed by atoms with Gasteiger partial charge in [-0.1, -0.05) is 47.5 Å². The van der Waals surface area contributed by atoms with Gasteiger partial charge in [-0.15, -0.1) is 0 Å². The summed E-state index contributed by atoms with van der Waals surface area (Å²) in [6, 6.07) is 4.75. The predicted molar refractivity (Wildman–Crippen MR) is 178 cm³/mol. The van der Waals surface area contributed by atoms with E-state index < -0.39 is 65.7 Å². The number of nitrogens with one attached hydrogen (secondary N) is 1. The summed E-state index contributed by atoms with van der Waals surface area (Å²) in [6.45, 7) is 10.9. The molecule has 2 amide bonds. The van der Waals surface area contributed by atoms with E-state index in [9.17, 15) is 14.4 Å². The molecule has 0 unspecified atom stereocenters. The lowest BCUT2D eigenvalue weighted by Crippen LogP contribution is -2.57. The molecule has 3 heterocycles. The van der Waals surface area contributed by atoms with E-state index in [1.54, 1.807) is 24.3 Å². The molecule has 2 aromatic rings. The zero-order chi connectivity index (χ0) is 35.0. The highest BCUT2D eigenvalue weighted by atomic mass is 19.3. The van der Waals surface area contributed by atoms with Gasteiger partial charge in [0, 0.05) is 17.7 Å². The third-order valence-corrected chi connectivity index (χ3v) is 10.6. The van der Waals surface area contributed by atoms with Gasteiger partial charge in [-0.25, -0.2) is 9.78 Å². The summed E-state index contributed by atoms with van der Waals surface area (Å²) in [5.41, 5.74) is -0.794. The molecule has 264 valence electrons. The molecule has 1 aromatic heterocycles. The summed E-state index contributed by atoms with van der Waals surface area (Å²) >= 11 is 0. The fourth-order valence-corrected chi connectivity index (χ4v) is 7.99. The Morgan fingerprint density at radius 1 is 1.10 bits per heavy atom. The lowest BCUT2D eigenvalue weighted by atomic mass is 9.77. The zero-order valence-electron chi connectivity index (χ0n) is 29.3. The first-order chi connectivity index (χ1) is 22.6. The molecule has 0 radical (unpaired) electrons. The highest BCUT2D eigenvalue weighted by Gasteiger charge is 2.51. The Bertz CT molecular complexity index is 1510. The van der Waals surface area contributed by atoms with Crippen LogP contribution in [0, 0.1) is 23.2 Å². The van der Waals surface area contributed by atoms with E-state index in [2.05, 4.69) is 10.3 Å². The smallest absolute Gasteiger partial charge is 0.408 e. The number of aromatic nitrogens is 1. The van der Waals surface area contributed by atoms with Gasteiger partial charge in [0.05, 0.1) is 25.2 Å². The minimum absolute atomic E-state index is 0.0201. The summed E-state index contributed by atoms with van der Waals surface area (Å²) in [5.74, 6) is -3.88. The zero-order valence-corrected chi connectivity index (χ0v) is 29.3. The number of Topliss-reactive ketones (excluding diaryl/α,β-unsaturated/α-hetero) is 1. The molecule has 0 spiro atoms. The summed E-state index contributed by atoms with van der Waals surface area (Å²) in [5, 5.41) is 3.44. The van der Waals surface area contributed by atoms with E-state index >= 15 is 8.78 Å². The van der Waals surface area contributed by atoms with Crippen molar-refractivity contribution in [3.63, 3.8) is 0 Å². The summed E-state index contributed by atoms with van der Waals surface area (Å²) in [6.07, 6.45) is 2.31. The first-order valence-corrected chi connectivity index (χ1v) is 17.5. The third kappa shape index (κ3) is 7.39. The highest BCUT2D eigenvalue weighted by Crippen LogP contribution is 2.43. The topological polar surface area (TPSA) is 107 Å². The number of fused-ring (bicyclic) bond motifs is 5. The van der Waals surface area contributed by atoms with Crippen LogP contribution in [0.25, 0.3) is 10.9 Å². The van der Waals surface area contributed by atoms with Gasteiger partial charge in [0.25, 0.3) is 5.92 Å². The number of amides is 2. The number of ether oxygens (including phenoxy) is 3. The van der Waals surface area contributed by atoms with Crippen LogP contribution in [0.1, 0.15) is 98.6 Å². The second kappa shape index (κ2) is 14.2. The normalized spacial score (nSPS) is 30.2. The molecule has 2 fully saturated rings. The van der Waals surface area contributed by atoms with Crippen molar-refractivity contribution < 1.29 is 37.4 Å². The maximum absolute atomic E-state index is 16.3. The molecule has 1 saturated heterocycles. The highest BCUT2D eigenvalue weighted by molar-refractivity contribution is 5.92. The first kappa shape index (κ1) is 35.8. The number of alkyl halides is 2. The molecule has 2 aliphatic heterocycles. The summed E-state index contributed by atoms with van der Waals surface area (Å²) in [7, 11) is 1.53. The van der Waals surface area contributed by atoms with Gasteiger partial charge in [-0.2, -0.15) is 8.78 Å². The molecular formula is C37H51F2N3O6. The van der Waals surface area contributed by atoms with E-state index in [4.69, 9.17) is 14.2 Å². The van der Waals surface area contributed by atoms with Crippen molar-refractivity contribution >= 4 is 28.7 Å². The van der Waals surface area contributed by atoms with Crippen LogP contribution in [-0.4, -0.2) is 65.6 Å². The van der Waals surface area contributed by atoms with Crippen LogP contribution in [0.15, 0.2) is 24.3 Å². The number of hydrogen-bond donors (Lipinski definition) is 1. The molecule has 1 aliphatic carbocycles. The Labute approximate surface area is 282 Å². The van der Waals surface area contributed by atoms with Crippen LogP contribution in [0.2, 0.25) is 0 Å². The van der Waals surface area contributed by atoms with Crippen molar-refractivity contribution in [2.75, 3.05) is 13.7 Å². The number of nitrogens with zero attached hydrogens (tertiary/aromatic N) is 2. The number of halogens is 2. The predicted octanol–water partition coefficient (Wildman–Crippen LogP) is 7.43. The Morgan fingerprint density at radius 2 is 1.83 bits per heavy atom. The van der Waals surface area contributed by atoms with Crippen LogP contribution < -0.4 is 14.8 Å². The SMILES string of the molecule is CC[C@@H]1[C@@H]2CN(C(=O)[C@H](C(C)(C)C)NC(=O)O[C@H]3[C@H](CCCCC(F)(F)c4nc5ccc(OC)cc5cc4O2)CCC[C@H]3C)[C@@H]1C(C)=O. The van der Waals surface area contributed by atoms with Crippen LogP contribution in [0.3, 0.4) is 0 Å². The molecule has 48 heavy (non-hydrogen) atoms. The van der Waals surface area contributed by atoms with Crippen LogP contribution in [0.5, 0.6) is 11.5 Å². The summed E-state index contributed by atoms with van der Waals surface area (Å²) in [4.78, 5) is 47.0. The van der Waals surface area contributed by atoms with Crippen molar-refractivity contribution in [2.45, 2.75) is 123 Å². The number of carbonyl (C=O) groups is 3. The molecule has 1 saturated carbocycles. The van der Waals surface area contributed by atoms with Crippen LogP contribution >= 0.6 is 0 Å². The molecule has 9 nitrogen and oxygen atoms in total. The van der Waals surface area contributed by atoms with Crippen molar-refractivity contribution in [1.29, 1.82) is 0 Å². The Hall–Kier alpha value is -3.50. The number of ketones is 1. The number of hydrogen-bond acceptors (Lipinski definition) is 7. The van der Waals surface area contributed by atoms with Gasteiger partial charge in [0.1, 0.15) is 29.7 Å². The standard InChI is InChI=1S/C37H51F2N3O6/c1-8-26-29-20-42(30(26)22(3)43)34(44)33(36(4,5)6)41-35(45)48-31-21(2)12-11-14-23(31)13-9-10-17-37(38,39)32-28(47-29)19-24-18-25(46-7)15-16-27(24)40-32/h15-16,18-19,21,23,26,29-31,33H,8-14,17,20H2,1-7H3,(H,41,45)/t21-,23-,26-,29+,30-,31-,33-/m1/s1. The molecular weight excluding hydrogens is 620 g/mol. The molecule has 1 aromatic carbocycles. The van der Waals surface area contributed by atoms with E-state index in [-0.39, 0.29) is 36.3 Å². The first-order valence-electron chi connectivity index (χ1n) is 17.5. The van der Waals surface area contributed by atoms with E-state index in [1.165, 1.54) is 18.9 Å². The average Bonchev–Trinajstić information content (AvgIpc) is 3.39. The van der Waals surface area contributed by atoms with Crippen LogP contribution in [-0.2, 0) is 20.2 Å². The van der Waals surface area contributed by atoms with Crippen LogP contribution in [0.4, 0.5) is 13.6 Å². The number of carbonyl (C=O) groups excluding carboxylic acids is 3. The minimum atomic E-state index is -3.31. The van der Waals surface area contributed by atoms with Gasteiger partial charge in [0.15, 0.2) is 11.5 Å². The van der Waals surface area contributed by atoms with E-state index in [0.29, 0.717) is 35.9 Å². The maximum Gasteiger partial charge on any atom is 0.408 e. The quantitative estimate of drug-likeness (QED) is 0.362.